The first kappa shape index (κ1) is 11.2. The molecule has 1 aromatic rings. The first-order valence-corrected chi connectivity index (χ1v) is 6.15. The van der Waals surface area contributed by atoms with Crippen LogP contribution in [-0.4, -0.2) is 22.6 Å². The third-order valence-electron chi connectivity index (χ3n) is 3.30. The van der Waals surface area contributed by atoms with Crippen LogP contribution >= 0.6 is 0 Å². The highest BCUT2D eigenvalue weighted by Gasteiger charge is 2.20. The van der Waals surface area contributed by atoms with E-state index in [4.69, 9.17) is 5.73 Å². The number of aromatic nitrogens is 2. The summed E-state index contributed by atoms with van der Waals surface area (Å²) < 4.78 is 0. The van der Waals surface area contributed by atoms with Crippen LogP contribution in [0, 0.1) is 0 Å². The standard InChI is InChI=1S/C12H20N4/c1-2-10-6-4-3-5-7-16(10)12-9-14-11(13)8-15-12/h8-10H,2-7H2,1H3,(H2,13,14). The predicted octanol–water partition coefficient (Wildman–Crippen LogP) is 2.22. The van der Waals surface area contributed by atoms with Crippen LogP contribution in [0.25, 0.3) is 0 Å². The molecule has 0 aromatic carbocycles. The van der Waals surface area contributed by atoms with Gasteiger partial charge in [-0.3, -0.25) is 0 Å². The minimum Gasteiger partial charge on any atom is -0.382 e. The molecule has 4 heteroatoms. The minimum absolute atomic E-state index is 0.492. The van der Waals surface area contributed by atoms with Gasteiger partial charge in [-0.2, -0.15) is 0 Å². The fourth-order valence-electron chi connectivity index (χ4n) is 2.38. The maximum atomic E-state index is 5.56. The van der Waals surface area contributed by atoms with Crippen molar-refractivity contribution in [2.24, 2.45) is 0 Å². The number of hydrogen-bond acceptors (Lipinski definition) is 4. The SMILES string of the molecule is CCC1CCCCCN1c1cnc(N)cn1. The van der Waals surface area contributed by atoms with Gasteiger partial charge in [0, 0.05) is 12.6 Å². The molecule has 0 saturated carbocycles. The molecule has 4 nitrogen and oxygen atoms in total. The predicted molar refractivity (Wildman–Crippen MR) is 66.3 cm³/mol. The Bertz CT molecular complexity index is 322. The highest BCUT2D eigenvalue weighted by Crippen LogP contribution is 2.23. The van der Waals surface area contributed by atoms with Crippen LogP contribution in [0.5, 0.6) is 0 Å². The molecule has 1 aliphatic rings. The summed E-state index contributed by atoms with van der Waals surface area (Å²) in [4.78, 5) is 10.9. The molecule has 1 fully saturated rings. The van der Waals surface area contributed by atoms with Crippen LogP contribution in [0.3, 0.4) is 0 Å². The van der Waals surface area contributed by atoms with Crippen LogP contribution in [0.1, 0.15) is 39.0 Å². The zero-order valence-electron chi connectivity index (χ0n) is 9.89. The molecule has 2 heterocycles. The molecular formula is C12H20N4. The van der Waals surface area contributed by atoms with Crippen molar-refractivity contribution in [3.05, 3.63) is 12.4 Å². The number of nitrogens with two attached hydrogens (primary N) is 1. The monoisotopic (exact) mass is 220 g/mol. The van der Waals surface area contributed by atoms with Gasteiger partial charge in [-0.05, 0) is 19.3 Å². The quantitative estimate of drug-likeness (QED) is 0.830. The maximum absolute atomic E-state index is 5.56. The van der Waals surface area contributed by atoms with Crippen molar-refractivity contribution in [2.45, 2.75) is 45.1 Å². The number of anilines is 2. The third kappa shape index (κ3) is 2.43. The lowest BCUT2D eigenvalue weighted by Gasteiger charge is -2.29. The Balaban J connectivity index is 2.18. The van der Waals surface area contributed by atoms with Crippen LogP contribution in [0.15, 0.2) is 12.4 Å². The molecule has 1 saturated heterocycles. The maximum Gasteiger partial charge on any atom is 0.147 e. The molecule has 2 rings (SSSR count). The van der Waals surface area contributed by atoms with Gasteiger partial charge in [0.25, 0.3) is 0 Å². The second-order valence-electron chi connectivity index (χ2n) is 4.40. The molecule has 2 N–H and O–H groups in total. The molecule has 88 valence electrons. The van der Waals surface area contributed by atoms with E-state index in [1.807, 2.05) is 0 Å². The van der Waals surface area contributed by atoms with E-state index >= 15 is 0 Å². The Morgan fingerprint density at radius 3 is 2.88 bits per heavy atom. The van der Waals surface area contributed by atoms with Crippen molar-refractivity contribution < 1.29 is 0 Å². The molecule has 0 amide bonds. The minimum atomic E-state index is 0.492. The Kier molecular flexibility index (Phi) is 3.59. The Labute approximate surface area is 96.9 Å². The van der Waals surface area contributed by atoms with Gasteiger partial charge in [0.15, 0.2) is 0 Å². The van der Waals surface area contributed by atoms with Crippen molar-refractivity contribution in [1.82, 2.24) is 9.97 Å². The zero-order valence-corrected chi connectivity index (χ0v) is 9.89. The number of rotatable bonds is 2. The summed E-state index contributed by atoms with van der Waals surface area (Å²) in [6.45, 7) is 3.34. The van der Waals surface area contributed by atoms with Crippen molar-refractivity contribution in [2.75, 3.05) is 17.2 Å². The zero-order chi connectivity index (χ0) is 11.4. The lowest BCUT2D eigenvalue weighted by atomic mass is 10.1. The van der Waals surface area contributed by atoms with E-state index in [0.717, 1.165) is 12.4 Å². The first-order valence-electron chi connectivity index (χ1n) is 6.15. The summed E-state index contributed by atoms with van der Waals surface area (Å²) in [5.74, 6) is 1.47. The van der Waals surface area contributed by atoms with E-state index in [2.05, 4.69) is 21.8 Å². The van der Waals surface area contributed by atoms with Crippen LogP contribution in [0.4, 0.5) is 11.6 Å². The summed E-state index contributed by atoms with van der Waals surface area (Å²) in [5.41, 5.74) is 5.56. The van der Waals surface area contributed by atoms with Gasteiger partial charge in [0.2, 0.25) is 0 Å². The van der Waals surface area contributed by atoms with Crippen molar-refractivity contribution >= 4 is 11.6 Å². The van der Waals surface area contributed by atoms with E-state index in [0.29, 0.717) is 11.9 Å². The van der Waals surface area contributed by atoms with Crippen LogP contribution in [0.2, 0.25) is 0 Å². The van der Waals surface area contributed by atoms with E-state index in [-0.39, 0.29) is 0 Å². The lowest BCUT2D eigenvalue weighted by molar-refractivity contribution is 0.551. The second kappa shape index (κ2) is 5.14. The van der Waals surface area contributed by atoms with E-state index in [1.54, 1.807) is 12.4 Å². The van der Waals surface area contributed by atoms with Gasteiger partial charge in [-0.25, -0.2) is 9.97 Å². The second-order valence-corrected chi connectivity index (χ2v) is 4.40. The molecule has 1 unspecified atom stereocenters. The Hall–Kier alpha value is -1.32. The molecule has 0 radical (unpaired) electrons. The molecule has 0 bridgehead atoms. The van der Waals surface area contributed by atoms with Gasteiger partial charge in [-0.1, -0.05) is 19.8 Å². The van der Waals surface area contributed by atoms with Crippen LogP contribution in [-0.2, 0) is 0 Å². The van der Waals surface area contributed by atoms with Gasteiger partial charge >= 0.3 is 0 Å². The number of nitrogens with zero attached hydrogens (tertiary/aromatic N) is 3. The van der Waals surface area contributed by atoms with Gasteiger partial charge in [0.1, 0.15) is 11.6 Å². The summed E-state index contributed by atoms with van der Waals surface area (Å²) in [6.07, 6.45) is 9.79. The summed E-state index contributed by atoms with van der Waals surface area (Å²) in [7, 11) is 0. The normalized spacial score (nSPS) is 21.8. The van der Waals surface area contributed by atoms with E-state index in [9.17, 15) is 0 Å². The first-order chi connectivity index (χ1) is 7.81. The fraction of sp³-hybridized carbons (Fsp3) is 0.667. The average Bonchev–Trinajstić information content (AvgIpc) is 2.55. The van der Waals surface area contributed by atoms with Crippen molar-refractivity contribution in [3.8, 4) is 0 Å². The summed E-state index contributed by atoms with van der Waals surface area (Å²) in [5, 5.41) is 0. The highest BCUT2D eigenvalue weighted by atomic mass is 15.2. The molecule has 1 aromatic heterocycles. The van der Waals surface area contributed by atoms with E-state index in [1.165, 1.54) is 32.1 Å². The molecule has 16 heavy (non-hydrogen) atoms. The smallest absolute Gasteiger partial charge is 0.147 e. The Morgan fingerprint density at radius 2 is 2.19 bits per heavy atom. The molecule has 1 atom stereocenters. The van der Waals surface area contributed by atoms with Crippen molar-refractivity contribution in [3.63, 3.8) is 0 Å². The number of hydrogen-bond donors (Lipinski definition) is 1. The average molecular weight is 220 g/mol. The van der Waals surface area contributed by atoms with Gasteiger partial charge < -0.3 is 10.6 Å². The highest BCUT2D eigenvalue weighted by molar-refractivity contribution is 5.40. The van der Waals surface area contributed by atoms with Gasteiger partial charge in [0.05, 0.1) is 12.4 Å². The summed E-state index contributed by atoms with van der Waals surface area (Å²) in [6, 6.07) is 0.612. The molecule has 0 spiro atoms. The number of nitrogen functional groups attached to an aromatic ring is 1. The molecular weight excluding hydrogens is 200 g/mol. The third-order valence-corrected chi connectivity index (χ3v) is 3.30. The lowest BCUT2D eigenvalue weighted by Crippen LogP contribution is -2.35. The van der Waals surface area contributed by atoms with E-state index < -0.39 is 0 Å². The molecule has 1 aliphatic heterocycles. The largest absolute Gasteiger partial charge is 0.382 e. The fourth-order valence-corrected chi connectivity index (χ4v) is 2.38. The van der Waals surface area contributed by atoms with Crippen LogP contribution < -0.4 is 10.6 Å². The topological polar surface area (TPSA) is 55.0 Å². The summed E-state index contributed by atoms with van der Waals surface area (Å²) >= 11 is 0. The van der Waals surface area contributed by atoms with Crippen molar-refractivity contribution in [1.29, 1.82) is 0 Å². The molecule has 0 aliphatic carbocycles. The van der Waals surface area contributed by atoms with Gasteiger partial charge in [-0.15, -0.1) is 0 Å². The Morgan fingerprint density at radius 1 is 1.31 bits per heavy atom.